The van der Waals surface area contributed by atoms with Gasteiger partial charge in [-0.25, -0.2) is 24.4 Å². The minimum atomic E-state index is -5.08. The lowest BCUT2D eigenvalue weighted by Gasteiger charge is -1.94. The van der Waals surface area contributed by atoms with Gasteiger partial charge in [-0.05, 0) is 6.07 Å². The first-order valence-electron chi connectivity index (χ1n) is 7.07. The molecule has 0 bridgehead atoms. The quantitative estimate of drug-likeness (QED) is 0.409. The van der Waals surface area contributed by atoms with Crippen molar-refractivity contribution in [1.29, 1.82) is 0 Å². The second-order valence-corrected chi connectivity index (χ2v) is 4.70. The van der Waals surface area contributed by atoms with Crippen molar-refractivity contribution >= 4 is 34.8 Å². The van der Waals surface area contributed by atoms with E-state index in [4.69, 9.17) is 35.4 Å². The predicted molar refractivity (Wildman–Crippen MR) is 85.0 cm³/mol. The summed E-state index contributed by atoms with van der Waals surface area (Å²) < 4.78 is 95.2. The molecule has 0 aliphatic heterocycles. The van der Waals surface area contributed by atoms with E-state index in [1.54, 1.807) is 6.20 Å². The van der Waals surface area contributed by atoms with Gasteiger partial charge in [0.2, 0.25) is 5.95 Å². The maximum Gasteiger partial charge on any atom is 0.490 e. The van der Waals surface area contributed by atoms with E-state index < -0.39 is 36.4 Å². The molecule has 0 spiro atoms. The van der Waals surface area contributed by atoms with Gasteiger partial charge in [-0.1, -0.05) is 18.2 Å². The van der Waals surface area contributed by atoms with Gasteiger partial charge in [0, 0.05) is 11.6 Å². The molecule has 0 fully saturated rings. The molecular formula is C14H10F9N3O6. The summed E-state index contributed by atoms with van der Waals surface area (Å²) in [5.74, 6) is -7.95. The number of rotatable bonds is 0. The van der Waals surface area contributed by atoms with Gasteiger partial charge >= 0.3 is 36.4 Å². The average Bonchev–Trinajstić information content (AvgIpc) is 2.60. The molecule has 1 heterocycles. The first-order chi connectivity index (χ1) is 14.2. The Morgan fingerprint density at radius 2 is 1.03 bits per heavy atom. The zero-order valence-electron chi connectivity index (χ0n) is 14.8. The largest absolute Gasteiger partial charge is 0.490 e. The normalized spacial score (nSPS) is 10.9. The molecule has 2 aromatic rings. The highest BCUT2D eigenvalue weighted by molar-refractivity contribution is 5.78. The summed E-state index contributed by atoms with van der Waals surface area (Å²) in [6.07, 6.45) is -13.5. The molecule has 180 valence electrons. The Hall–Kier alpha value is -3.86. The third-order valence-corrected chi connectivity index (χ3v) is 2.24. The Morgan fingerprint density at radius 1 is 0.719 bits per heavy atom. The summed E-state index contributed by atoms with van der Waals surface area (Å²) in [4.78, 5) is 34.6. The smallest absolute Gasteiger partial charge is 0.475 e. The number of nitrogens with two attached hydrogens (primary N) is 1. The van der Waals surface area contributed by atoms with Crippen LogP contribution in [0.2, 0.25) is 0 Å². The number of anilines is 1. The second-order valence-electron chi connectivity index (χ2n) is 4.70. The molecule has 9 nitrogen and oxygen atoms in total. The summed E-state index contributed by atoms with van der Waals surface area (Å²) >= 11 is 0. The third-order valence-electron chi connectivity index (χ3n) is 2.24. The van der Waals surface area contributed by atoms with Crippen LogP contribution in [0.4, 0.5) is 45.5 Å². The monoisotopic (exact) mass is 487 g/mol. The van der Waals surface area contributed by atoms with Crippen LogP contribution in [0.25, 0.3) is 10.9 Å². The molecule has 0 atom stereocenters. The number of nitrogen functional groups attached to an aromatic ring is 1. The van der Waals surface area contributed by atoms with Crippen LogP contribution in [0.5, 0.6) is 0 Å². The Labute approximate surface area is 169 Å². The molecule has 0 aliphatic rings. The van der Waals surface area contributed by atoms with Crippen molar-refractivity contribution in [3.8, 4) is 0 Å². The lowest BCUT2D eigenvalue weighted by molar-refractivity contribution is -0.193. The van der Waals surface area contributed by atoms with Crippen molar-refractivity contribution < 1.29 is 69.2 Å². The fourth-order valence-electron chi connectivity index (χ4n) is 0.986. The third kappa shape index (κ3) is 14.2. The molecule has 0 saturated heterocycles. The fraction of sp³-hybridized carbons (Fsp3) is 0.214. The van der Waals surface area contributed by atoms with Gasteiger partial charge in [-0.15, -0.1) is 0 Å². The van der Waals surface area contributed by atoms with Gasteiger partial charge in [-0.3, -0.25) is 0 Å². The van der Waals surface area contributed by atoms with Crippen LogP contribution in [-0.4, -0.2) is 61.7 Å². The predicted octanol–water partition coefficient (Wildman–Crippen LogP) is 3.11. The van der Waals surface area contributed by atoms with E-state index in [-0.39, 0.29) is 0 Å². The van der Waals surface area contributed by atoms with Gasteiger partial charge in [0.1, 0.15) is 0 Å². The van der Waals surface area contributed by atoms with Crippen LogP contribution in [-0.2, 0) is 14.4 Å². The summed E-state index contributed by atoms with van der Waals surface area (Å²) in [5.41, 5.74) is 6.29. The number of carbonyl (C=O) groups is 3. The number of nitrogens with zero attached hydrogens (tertiary/aromatic N) is 2. The van der Waals surface area contributed by atoms with Crippen molar-refractivity contribution in [2.45, 2.75) is 18.5 Å². The van der Waals surface area contributed by atoms with E-state index in [2.05, 4.69) is 9.97 Å². The van der Waals surface area contributed by atoms with Gasteiger partial charge in [0.25, 0.3) is 0 Å². The van der Waals surface area contributed by atoms with Crippen molar-refractivity contribution in [3.63, 3.8) is 0 Å². The molecule has 1 aromatic heterocycles. The SMILES string of the molecule is Nc1ncc2ccccc2n1.O=C(O)C(F)(F)F.O=C(O)C(F)(F)F.O=C(O)C(F)(F)F. The van der Waals surface area contributed by atoms with Crippen LogP contribution >= 0.6 is 0 Å². The average molecular weight is 487 g/mol. The molecule has 0 amide bonds. The molecule has 32 heavy (non-hydrogen) atoms. The summed E-state index contributed by atoms with van der Waals surface area (Å²) in [6, 6.07) is 7.73. The number of halogens is 9. The molecule has 0 saturated carbocycles. The highest BCUT2D eigenvalue weighted by Crippen LogP contribution is 2.14. The molecule has 1 aromatic carbocycles. The fourth-order valence-corrected chi connectivity index (χ4v) is 0.986. The highest BCUT2D eigenvalue weighted by Gasteiger charge is 2.39. The molecular weight excluding hydrogens is 477 g/mol. The Bertz CT molecular complexity index is 856. The second kappa shape index (κ2) is 12.1. The van der Waals surface area contributed by atoms with Crippen molar-refractivity contribution in [2.24, 2.45) is 0 Å². The minimum Gasteiger partial charge on any atom is -0.475 e. The maximum absolute atomic E-state index is 10.6. The number of alkyl halides is 9. The Kier molecular flexibility index (Phi) is 11.5. The van der Waals surface area contributed by atoms with E-state index in [9.17, 15) is 39.5 Å². The van der Waals surface area contributed by atoms with Gasteiger partial charge < -0.3 is 21.1 Å². The Balaban J connectivity index is 0. The molecule has 5 N–H and O–H groups in total. The summed E-state index contributed by atoms with van der Waals surface area (Å²) in [6.45, 7) is 0. The van der Waals surface area contributed by atoms with E-state index in [0.717, 1.165) is 10.9 Å². The van der Waals surface area contributed by atoms with Crippen molar-refractivity contribution in [2.75, 3.05) is 5.73 Å². The van der Waals surface area contributed by atoms with E-state index >= 15 is 0 Å². The topological polar surface area (TPSA) is 164 Å². The van der Waals surface area contributed by atoms with Crippen LogP contribution in [0, 0.1) is 0 Å². The molecule has 0 radical (unpaired) electrons. The zero-order chi connectivity index (χ0) is 25.9. The van der Waals surface area contributed by atoms with Crippen LogP contribution in [0.15, 0.2) is 30.5 Å². The lowest BCUT2D eigenvalue weighted by atomic mass is 10.2. The summed E-state index contributed by atoms with van der Waals surface area (Å²) in [7, 11) is 0. The van der Waals surface area contributed by atoms with Crippen molar-refractivity contribution in [3.05, 3.63) is 30.5 Å². The first kappa shape index (κ1) is 30.3. The van der Waals surface area contributed by atoms with Gasteiger partial charge in [-0.2, -0.15) is 39.5 Å². The van der Waals surface area contributed by atoms with Crippen LogP contribution < -0.4 is 5.73 Å². The van der Waals surface area contributed by atoms with Crippen LogP contribution in [0.1, 0.15) is 0 Å². The standard InChI is InChI=1S/C8H7N3.3C2HF3O2/c9-8-10-5-6-3-1-2-4-7(6)11-8;3*3-2(4,5)1(6)7/h1-5H,(H2,9,10,11);3*(H,6,7). The lowest BCUT2D eigenvalue weighted by Crippen LogP contribution is -2.21. The number of hydrogen-bond acceptors (Lipinski definition) is 6. The van der Waals surface area contributed by atoms with Crippen LogP contribution in [0.3, 0.4) is 0 Å². The zero-order valence-corrected chi connectivity index (χ0v) is 14.8. The van der Waals surface area contributed by atoms with E-state index in [1.165, 1.54) is 0 Å². The maximum atomic E-state index is 10.6. The number of hydrogen-bond donors (Lipinski definition) is 4. The molecule has 18 heteroatoms. The van der Waals surface area contributed by atoms with Crippen molar-refractivity contribution in [1.82, 2.24) is 9.97 Å². The molecule has 2 rings (SSSR count). The first-order valence-corrected chi connectivity index (χ1v) is 7.07. The number of benzene rings is 1. The number of fused-ring (bicyclic) bond motifs is 1. The molecule has 0 aliphatic carbocycles. The minimum absolute atomic E-state index is 0.323. The number of carboxylic acid groups (broad SMARTS) is 3. The molecule has 0 unspecified atom stereocenters. The number of aromatic nitrogens is 2. The van der Waals surface area contributed by atoms with Gasteiger partial charge in [0.05, 0.1) is 5.52 Å². The van der Waals surface area contributed by atoms with E-state index in [0.29, 0.717) is 5.95 Å². The number of carboxylic acids is 3. The number of aliphatic carboxylic acids is 3. The highest BCUT2D eigenvalue weighted by atomic mass is 19.4. The van der Waals surface area contributed by atoms with E-state index in [1.807, 2.05) is 24.3 Å². The number of para-hydroxylation sites is 1. The van der Waals surface area contributed by atoms with Gasteiger partial charge in [0.15, 0.2) is 0 Å². The summed E-state index contributed by atoms with van der Waals surface area (Å²) in [5, 5.41) is 22.4. The Morgan fingerprint density at radius 3 is 1.34 bits per heavy atom.